The average molecular weight is 523 g/mol. The van der Waals surface area contributed by atoms with Crippen molar-refractivity contribution in [3.8, 4) is 5.69 Å². The average Bonchev–Trinajstić information content (AvgIpc) is 3.30. The van der Waals surface area contributed by atoms with Gasteiger partial charge in [-0.1, -0.05) is 60.3 Å². The molecule has 0 saturated carbocycles. The zero-order valence-electron chi connectivity index (χ0n) is 21.5. The SMILES string of the molecule is NC(N)=[NH+]CCCCNc1cc(C=C2Sc3cccc4c3N2CCC4)c2ccccc2[n+]1-c1ccccc1. The molecule has 2 aliphatic heterocycles. The highest BCUT2D eigenvalue weighted by Crippen LogP contribution is 2.50. The number of para-hydroxylation sites is 3. The highest BCUT2D eigenvalue weighted by Gasteiger charge is 2.30. The van der Waals surface area contributed by atoms with Crippen LogP contribution in [0.15, 0.2) is 88.8 Å². The van der Waals surface area contributed by atoms with Crippen molar-refractivity contribution in [1.29, 1.82) is 0 Å². The quantitative estimate of drug-likeness (QED) is 0.123. The van der Waals surface area contributed by atoms with Crippen molar-refractivity contribution in [2.75, 3.05) is 29.9 Å². The summed E-state index contributed by atoms with van der Waals surface area (Å²) in [6.45, 7) is 2.69. The number of pyridine rings is 1. The molecule has 38 heavy (non-hydrogen) atoms. The van der Waals surface area contributed by atoms with E-state index in [4.69, 9.17) is 11.5 Å². The number of hydrogen-bond donors (Lipinski definition) is 4. The lowest BCUT2D eigenvalue weighted by Crippen LogP contribution is -2.78. The second-order valence-electron chi connectivity index (χ2n) is 9.79. The molecule has 7 heteroatoms. The first kappa shape index (κ1) is 24.4. The fourth-order valence-corrected chi connectivity index (χ4v) is 6.65. The van der Waals surface area contributed by atoms with E-state index >= 15 is 0 Å². The van der Waals surface area contributed by atoms with Gasteiger partial charge in [0.25, 0.3) is 5.82 Å². The maximum Gasteiger partial charge on any atom is 0.338 e. The molecular weight excluding hydrogens is 488 g/mol. The number of thioether (sulfide) groups is 1. The van der Waals surface area contributed by atoms with Crippen LogP contribution in [-0.4, -0.2) is 25.6 Å². The van der Waals surface area contributed by atoms with Gasteiger partial charge in [0.1, 0.15) is 11.2 Å². The van der Waals surface area contributed by atoms with Crippen molar-refractivity contribution in [3.05, 3.63) is 95.0 Å². The minimum absolute atomic E-state index is 0.278. The zero-order chi connectivity index (χ0) is 25.9. The topological polar surface area (TPSA) is 85.2 Å². The number of nitrogens with two attached hydrogens (primary N) is 2. The maximum absolute atomic E-state index is 5.53. The molecule has 0 atom stereocenters. The molecule has 4 aromatic rings. The van der Waals surface area contributed by atoms with Crippen molar-refractivity contribution in [1.82, 2.24) is 0 Å². The number of aromatic nitrogens is 1. The minimum Gasteiger partial charge on any atom is -0.335 e. The van der Waals surface area contributed by atoms with Crippen LogP contribution in [0.4, 0.5) is 11.5 Å². The Morgan fingerprint density at radius 1 is 1.00 bits per heavy atom. The van der Waals surface area contributed by atoms with Gasteiger partial charge in [-0.05, 0) is 67.2 Å². The first-order valence-corrected chi connectivity index (χ1v) is 14.2. The van der Waals surface area contributed by atoms with E-state index in [2.05, 4.69) is 105 Å². The van der Waals surface area contributed by atoms with E-state index in [-0.39, 0.29) is 5.96 Å². The molecule has 1 aromatic heterocycles. The Hall–Kier alpha value is -3.97. The Bertz CT molecular complexity index is 1520. The number of fused-ring (bicyclic) bond motifs is 1. The predicted molar refractivity (Wildman–Crippen MR) is 158 cm³/mol. The minimum atomic E-state index is 0.278. The molecule has 0 spiro atoms. The number of anilines is 2. The molecule has 0 amide bonds. The molecule has 0 unspecified atom stereocenters. The molecule has 0 aliphatic carbocycles. The van der Waals surface area contributed by atoms with E-state index in [0.29, 0.717) is 0 Å². The lowest BCUT2D eigenvalue weighted by molar-refractivity contribution is -0.551. The van der Waals surface area contributed by atoms with Gasteiger partial charge >= 0.3 is 5.96 Å². The van der Waals surface area contributed by atoms with E-state index in [1.165, 1.54) is 50.5 Å². The van der Waals surface area contributed by atoms with Crippen molar-refractivity contribution >= 4 is 46.2 Å². The molecule has 6 N–H and O–H groups in total. The number of nitrogens with zero attached hydrogens (tertiary/aromatic N) is 2. The Labute approximate surface area is 228 Å². The summed E-state index contributed by atoms with van der Waals surface area (Å²) in [5, 5.41) is 6.28. The van der Waals surface area contributed by atoms with Gasteiger partial charge in [-0.2, -0.15) is 4.57 Å². The van der Waals surface area contributed by atoms with Crippen LogP contribution in [0, 0.1) is 0 Å². The molecule has 0 bridgehead atoms. The molecule has 0 saturated heterocycles. The van der Waals surface area contributed by atoms with Crippen molar-refractivity contribution in [2.24, 2.45) is 11.5 Å². The van der Waals surface area contributed by atoms with E-state index in [0.717, 1.165) is 44.0 Å². The molecule has 2 aliphatic rings. The number of aryl methyl sites for hydroxylation is 1. The number of hydrogen-bond acceptors (Lipinski definition) is 3. The van der Waals surface area contributed by atoms with E-state index in [9.17, 15) is 0 Å². The summed E-state index contributed by atoms with van der Waals surface area (Å²) in [6.07, 6.45) is 6.71. The number of benzene rings is 3. The second-order valence-corrected chi connectivity index (χ2v) is 10.9. The van der Waals surface area contributed by atoms with Crippen molar-refractivity contribution in [3.63, 3.8) is 0 Å². The van der Waals surface area contributed by atoms with Gasteiger partial charge in [0.05, 0.1) is 23.8 Å². The molecule has 6 rings (SSSR count). The van der Waals surface area contributed by atoms with Crippen molar-refractivity contribution < 1.29 is 9.56 Å². The number of rotatable bonds is 8. The van der Waals surface area contributed by atoms with Crippen LogP contribution in [0.5, 0.6) is 0 Å². The largest absolute Gasteiger partial charge is 0.338 e. The maximum atomic E-state index is 5.53. The van der Waals surface area contributed by atoms with Gasteiger partial charge in [-0.3, -0.25) is 21.8 Å². The fourth-order valence-electron chi connectivity index (χ4n) is 5.46. The zero-order valence-corrected chi connectivity index (χ0v) is 22.3. The normalized spacial score (nSPS) is 15.1. The van der Waals surface area contributed by atoms with Crippen LogP contribution in [0.25, 0.3) is 22.7 Å². The summed E-state index contributed by atoms with van der Waals surface area (Å²) in [7, 11) is 0. The molecular formula is C31H34N6S+2. The Kier molecular flexibility index (Phi) is 6.92. The van der Waals surface area contributed by atoms with Gasteiger partial charge < -0.3 is 4.90 Å². The first-order chi connectivity index (χ1) is 18.7. The molecule has 3 aromatic carbocycles. The van der Waals surface area contributed by atoms with Crippen LogP contribution >= 0.6 is 11.8 Å². The predicted octanol–water partition coefficient (Wildman–Crippen LogP) is 3.52. The van der Waals surface area contributed by atoms with Gasteiger partial charge in [-0.25, -0.2) is 0 Å². The van der Waals surface area contributed by atoms with Gasteiger partial charge in [0.2, 0.25) is 0 Å². The van der Waals surface area contributed by atoms with Gasteiger partial charge in [-0.15, -0.1) is 0 Å². The summed E-state index contributed by atoms with van der Waals surface area (Å²) in [4.78, 5) is 6.90. The van der Waals surface area contributed by atoms with Crippen molar-refractivity contribution in [2.45, 2.75) is 30.6 Å². The third kappa shape index (κ3) is 4.82. The molecule has 0 fully saturated rings. The van der Waals surface area contributed by atoms with Gasteiger partial charge in [0.15, 0.2) is 0 Å². The number of nitrogens with one attached hydrogen (secondary N) is 2. The summed E-state index contributed by atoms with van der Waals surface area (Å²) in [5.74, 6) is 1.36. The highest BCUT2D eigenvalue weighted by molar-refractivity contribution is 8.03. The molecule has 3 heterocycles. The Balaban J connectivity index is 1.41. The van der Waals surface area contributed by atoms with E-state index in [1.54, 1.807) is 0 Å². The lowest BCUT2D eigenvalue weighted by Gasteiger charge is -2.27. The summed E-state index contributed by atoms with van der Waals surface area (Å²) < 4.78 is 2.33. The van der Waals surface area contributed by atoms with Crippen LogP contribution in [0.2, 0.25) is 0 Å². The van der Waals surface area contributed by atoms with E-state index < -0.39 is 0 Å². The fraction of sp³-hybridized carbons (Fsp3) is 0.226. The van der Waals surface area contributed by atoms with Crippen LogP contribution < -0.4 is 31.2 Å². The highest BCUT2D eigenvalue weighted by atomic mass is 32.2. The lowest BCUT2D eigenvalue weighted by atomic mass is 10.0. The molecule has 192 valence electrons. The number of unbranched alkanes of at least 4 members (excludes halogenated alkanes) is 1. The third-order valence-electron chi connectivity index (χ3n) is 7.18. The first-order valence-electron chi connectivity index (χ1n) is 13.4. The Morgan fingerprint density at radius 3 is 2.71 bits per heavy atom. The molecule has 6 nitrogen and oxygen atoms in total. The van der Waals surface area contributed by atoms with Gasteiger partial charge in [0, 0.05) is 22.9 Å². The second kappa shape index (κ2) is 10.8. The summed E-state index contributed by atoms with van der Waals surface area (Å²) >= 11 is 1.89. The molecule has 0 radical (unpaired) electrons. The van der Waals surface area contributed by atoms with Crippen LogP contribution in [0.3, 0.4) is 0 Å². The number of guanidine groups is 1. The Morgan fingerprint density at radius 2 is 1.84 bits per heavy atom. The standard InChI is InChI=1S/C31H32N6S/c32-31(33)35-18-7-6-17-34-28-20-23(21-29-36-19-9-11-22-10-8-16-27(38-29)30(22)36)25-14-4-5-15-26(25)37(28)24-12-2-1-3-13-24/h1-5,8,10,12-16,20-21H,6-7,9,11,17-19H2,(H4,32,33,35)/p+2. The van der Waals surface area contributed by atoms with Crippen LogP contribution in [-0.2, 0) is 6.42 Å². The summed E-state index contributed by atoms with van der Waals surface area (Å²) in [6, 6.07) is 28.3. The third-order valence-corrected chi connectivity index (χ3v) is 8.28. The monoisotopic (exact) mass is 522 g/mol. The smallest absolute Gasteiger partial charge is 0.335 e. The van der Waals surface area contributed by atoms with E-state index in [1.807, 2.05) is 11.8 Å². The summed E-state index contributed by atoms with van der Waals surface area (Å²) in [5.41, 5.74) is 17.5. The van der Waals surface area contributed by atoms with Crippen LogP contribution in [0.1, 0.15) is 30.4 Å².